The van der Waals surface area contributed by atoms with Gasteiger partial charge in [-0.1, -0.05) is 41.4 Å². The predicted molar refractivity (Wildman–Crippen MR) is 168 cm³/mol. The highest BCUT2D eigenvalue weighted by molar-refractivity contribution is 14.1. The first-order valence-electron chi connectivity index (χ1n) is 12.4. The van der Waals surface area contributed by atoms with E-state index in [0.717, 1.165) is 22.2 Å². The topological polar surface area (TPSA) is 114 Å². The lowest BCUT2D eigenvalue weighted by Crippen LogP contribution is -2.36. The van der Waals surface area contributed by atoms with Gasteiger partial charge in [0.05, 0.1) is 25.8 Å². The highest BCUT2D eigenvalue weighted by Crippen LogP contribution is 2.37. The van der Waals surface area contributed by atoms with Crippen LogP contribution < -0.4 is 20.1 Å². The van der Waals surface area contributed by atoms with E-state index < -0.39 is 23.6 Å². The summed E-state index contributed by atoms with van der Waals surface area (Å²) >= 11 is 8.87. The van der Waals surface area contributed by atoms with Crippen LogP contribution in [-0.4, -0.2) is 47.6 Å². The van der Waals surface area contributed by atoms with Crippen molar-refractivity contribution in [3.63, 3.8) is 0 Å². The first-order valence-corrected chi connectivity index (χ1v) is 14.7. The van der Waals surface area contributed by atoms with E-state index >= 15 is 0 Å². The number of aryl methyl sites for hydroxylation is 1. The number of halogens is 2. The Labute approximate surface area is 259 Å². The minimum atomic E-state index is -0.588. The number of hydrogen-bond donors (Lipinski definition) is 2. The van der Waals surface area contributed by atoms with Crippen LogP contribution in [-0.2, 0) is 14.4 Å². The van der Waals surface area contributed by atoms with Crippen molar-refractivity contribution in [1.82, 2.24) is 4.90 Å². The standard InChI is InChI=1S/C29H25ClIN3O6S/c1-3-39-23-13-18(12-21(31)27(23)40-16-26(36)32-19-10-8-17(2)9-11-19)14-24-28(37)34(29(38)41-24)15-25(35)33-22-7-5-4-6-20(22)30/h4-14H,3,15-16H2,1-2H3,(H,32,36)(H,33,35)/b24-14+. The van der Waals surface area contributed by atoms with Crippen LogP contribution in [0.2, 0.25) is 5.02 Å². The van der Waals surface area contributed by atoms with E-state index in [1.807, 2.05) is 38.1 Å². The second-order valence-electron chi connectivity index (χ2n) is 8.76. The van der Waals surface area contributed by atoms with Gasteiger partial charge in [-0.15, -0.1) is 0 Å². The molecule has 41 heavy (non-hydrogen) atoms. The molecule has 0 aromatic heterocycles. The van der Waals surface area contributed by atoms with Gasteiger partial charge in [-0.25, -0.2) is 0 Å². The van der Waals surface area contributed by atoms with Crippen molar-refractivity contribution in [3.05, 3.63) is 85.3 Å². The molecule has 4 rings (SSSR count). The molecule has 1 saturated heterocycles. The Balaban J connectivity index is 1.45. The lowest BCUT2D eigenvalue weighted by Gasteiger charge is -2.15. The molecule has 0 unspecified atom stereocenters. The third-order valence-electron chi connectivity index (χ3n) is 5.64. The number of rotatable bonds is 10. The number of imide groups is 1. The van der Waals surface area contributed by atoms with Crippen molar-refractivity contribution in [3.8, 4) is 11.5 Å². The molecule has 1 fully saturated rings. The maximum absolute atomic E-state index is 13.0. The van der Waals surface area contributed by atoms with Gasteiger partial charge in [-0.3, -0.25) is 24.1 Å². The molecular weight excluding hydrogens is 681 g/mol. The number of nitrogens with one attached hydrogen (secondary N) is 2. The molecule has 0 atom stereocenters. The Bertz CT molecular complexity index is 1530. The first kappa shape index (κ1) is 30.4. The summed E-state index contributed by atoms with van der Waals surface area (Å²) in [6.45, 7) is 3.42. The molecule has 12 heteroatoms. The first-order chi connectivity index (χ1) is 19.6. The number of para-hydroxylation sites is 1. The fourth-order valence-electron chi connectivity index (χ4n) is 3.73. The van der Waals surface area contributed by atoms with Crippen LogP contribution in [0.4, 0.5) is 16.2 Å². The van der Waals surface area contributed by atoms with Crippen LogP contribution in [0, 0.1) is 10.5 Å². The zero-order chi connectivity index (χ0) is 29.5. The second kappa shape index (κ2) is 13.9. The van der Waals surface area contributed by atoms with Gasteiger partial charge < -0.3 is 20.1 Å². The van der Waals surface area contributed by atoms with E-state index in [2.05, 4.69) is 33.2 Å². The number of benzene rings is 3. The van der Waals surface area contributed by atoms with Gasteiger partial charge in [0.1, 0.15) is 6.54 Å². The van der Waals surface area contributed by atoms with E-state index in [4.69, 9.17) is 21.1 Å². The summed E-state index contributed by atoms with van der Waals surface area (Å²) in [4.78, 5) is 51.5. The lowest BCUT2D eigenvalue weighted by atomic mass is 10.2. The Morgan fingerprint density at radius 2 is 1.76 bits per heavy atom. The van der Waals surface area contributed by atoms with Crippen LogP contribution in [0.25, 0.3) is 6.08 Å². The monoisotopic (exact) mass is 705 g/mol. The average molecular weight is 706 g/mol. The summed E-state index contributed by atoms with van der Waals surface area (Å²) in [5, 5.41) is 5.17. The number of carbonyl (C=O) groups excluding carboxylic acids is 4. The molecule has 212 valence electrons. The van der Waals surface area contributed by atoms with Gasteiger partial charge in [-0.05, 0) is 96.2 Å². The summed E-state index contributed by atoms with van der Waals surface area (Å²) in [6, 6.07) is 17.5. The minimum absolute atomic E-state index is 0.157. The molecule has 0 bridgehead atoms. The fourth-order valence-corrected chi connectivity index (χ4v) is 5.53. The third kappa shape index (κ3) is 8.02. The quantitative estimate of drug-likeness (QED) is 0.187. The summed E-state index contributed by atoms with van der Waals surface area (Å²) in [5.74, 6) is -0.707. The second-order valence-corrected chi connectivity index (χ2v) is 11.3. The normalized spacial score (nSPS) is 13.9. The van der Waals surface area contributed by atoms with E-state index in [0.29, 0.717) is 43.6 Å². The number of carbonyl (C=O) groups is 4. The van der Waals surface area contributed by atoms with Gasteiger partial charge >= 0.3 is 0 Å². The van der Waals surface area contributed by atoms with E-state index in [1.165, 1.54) is 0 Å². The molecule has 3 aromatic carbocycles. The lowest BCUT2D eigenvalue weighted by molar-refractivity contribution is -0.127. The number of anilines is 2. The van der Waals surface area contributed by atoms with E-state index in [-0.39, 0.29) is 17.4 Å². The summed E-state index contributed by atoms with van der Waals surface area (Å²) < 4.78 is 12.2. The molecule has 0 saturated carbocycles. The van der Waals surface area contributed by atoms with Crippen LogP contribution in [0.1, 0.15) is 18.1 Å². The van der Waals surface area contributed by atoms with Crippen molar-refractivity contribution >= 4 is 86.4 Å². The van der Waals surface area contributed by atoms with Crippen molar-refractivity contribution in [2.45, 2.75) is 13.8 Å². The highest BCUT2D eigenvalue weighted by Gasteiger charge is 2.36. The smallest absolute Gasteiger partial charge is 0.294 e. The molecule has 9 nitrogen and oxygen atoms in total. The Kier molecular flexibility index (Phi) is 10.3. The molecule has 2 N–H and O–H groups in total. The van der Waals surface area contributed by atoms with Crippen LogP contribution in [0.15, 0.2) is 65.6 Å². The van der Waals surface area contributed by atoms with Crippen LogP contribution in [0.5, 0.6) is 11.5 Å². The molecule has 4 amide bonds. The molecule has 1 heterocycles. The largest absolute Gasteiger partial charge is 0.490 e. The number of nitrogens with zero attached hydrogens (tertiary/aromatic N) is 1. The molecule has 0 spiro atoms. The molecule has 0 radical (unpaired) electrons. The average Bonchev–Trinajstić information content (AvgIpc) is 3.18. The number of amides is 4. The molecule has 1 aliphatic rings. The summed E-state index contributed by atoms with van der Waals surface area (Å²) in [6.07, 6.45) is 1.55. The SMILES string of the molecule is CCOc1cc(/C=C2/SC(=O)N(CC(=O)Nc3ccccc3Cl)C2=O)cc(I)c1OCC(=O)Nc1ccc(C)cc1. The zero-order valence-electron chi connectivity index (χ0n) is 22.0. The van der Waals surface area contributed by atoms with Gasteiger partial charge in [0, 0.05) is 5.69 Å². The van der Waals surface area contributed by atoms with Gasteiger partial charge in [0.2, 0.25) is 5.91 Å². The Morgan fingerprint density at radius 3 is 2.46 bits per heavy atom. The Hall–Kier alpha value is -3.55. The van der Waals surface area contributed by atoms with Gasteiger partial charge in [0.25, 0.3) is 17.1 Å². The third-order valence-corrected chi connectivity index (χ3v) is 7.67. The molecule has 0 aliphatic carbocycles. The summed E-state index contributed by atoms with van der Waals surface area (Å²) in [5.41, 5.74) is 2.71. The van der Waals surface area contributed by atoms with Crippen molar-refractivity contribution in [2.75, 3.05) is 30.4 Å². The zero-order valence-corrected chi connectivity index (χ0v) is 25.8. The maximum Gasteiger partial charge on any atom is 0.294 e. The van der Waals surface area contributed by atoms with Crippen molar-refractivity contribution in [2.24, 2.45) is 0 Å². The van der Waals surface area contributed by atoms with Crippen LogP contribution in [0.3, 0.4) is 0 Å². The Morgan fingerprint density at radius 1 is 1.02 bits per heavy atom. The van der Waals surface area contributed by atoms with E-state index in [9.17, 15) is 19.2 Å². The van der Waals surface area contributed by atoms with Gasteiger partial charge in [-0.2, -0.15) is 0 Å². The highest BCUT2D eigenvalue weighted by atomic mass is 127. The fraction of sp³-hybridized carbons (Fsp3) is 0.172. The van der Waals surface area contributed by atoms with Gasteiger partial charge in [0.15, 0.2) is 18.1 Å². The van der Waals surface area contributed by atoms with Crippen molar-refractivity contribution < 1.29 is 28.7 Å². The molecule has 3 aromatic rings. The predicted octanol–water partition coefficient (Wildman–Crippen LogP) is 6.34. The van der Waals surface area contributed by atoms with Crippen molar-refractivity contribution in [1.29, 1.82) is 0 Å². The minimum Gasteiger partial charge on any atom is -0.490 e. The number of ether oxygens (including phenoxy) is 2. The van der Waals surface area contributed by atoms with Crippen LogP contribution >= 0.6 is 46.0 Å². The maximum atomic E-state index is 13.0. The number of thioether (sulfide) groups is 1. The molecular formula is C29H25ClIN3O6S. The molecule has 1 aliphatic heterocycles. The van der Waals surface area contributed by atoms with E-state index in [1.54, 1.807) is 42.5 Å². The number of hydrogen-bond acceptors (Lipinski definition) is 7. The summed E-state index contributed by atoms with van der Waals surface area (Å²) in [7, 11) is 0.